The Kier molecular flexibility index (Phi) is 4.55. The second kappa shape index (κ2) is 7.20. The summed E-state index contributed by atoms with van der Waals surface area (Å²) in [4.78, 5) is 24.9. The van der Waals surface area contributed by atoms with Gasteiger partial charge in [-0.15, -0.1) is 0 Å². The van der Waals surface area contributed by atoms with Crippen molar-refractivity contribution < 1.29 is 4.79 Å². The van der Waals surface area contributed by atoms with Gasteiger partial charge in [-0.3, -0.25) is 9.69 Å². The van der Waals surface area contributed by atoms with Crippen molar-refractivity contribution in [2.75, 3.05) is 10.7 Å². The van der Waals surface area contributed by atoms with Crippen LogP contribution < -0.4 is 4.90 Å². The lowest BCUT2D eigenvalue weighted by molar-refractivity contribution is -0.115. The van der Waals surface area contributed by atoms with Crippen molar-refractivity contribution in [3.8, 4) is 0 Å². The van der Waals surface area contributed by atoms with Crippen molar-refractivity contribution in [2.45, 2.75) is 14.9 Å². The van der Waals surface area contributed by atoms with E-state index in [1.807, 2.05) is 66.7 Å². The third-order valence-corrected chi connectivity index (χ3v) is 6.66. The maximum Gasteiger partial charge on any atom is 0.242 e. The van der Waals surface area contributed by atoms with E-state index >= 15 is 0 Å². The minimum absolute atomic E-state index is 0.0123. The molecule has 4 aromatic rings. The average molecular weight is 424 g/mol. The van der Waals surface area contributed by atoms with E-state index in [1.54, 1.807) is 16.7 Å². The Balaban J connectivity index is 1.46. The number of aromatic amines is 1. The smallest absolute Gasteiger partial charge is 0.242 e. The number of hydrogen-bond acceptors (Lipinski definition) is 4. The van der Waals surface area contributed by atoms with E-state index in [2.05, 4.69) is 9.97 Å². The number of hydrogen-bond donors (Lipinski definition) is 1. The minimum atomic E-state index is -0.0123. The molecule has 7 heteroatoms. The number of nitrogens with zero attached hydrogens (tertiary/aromatic N) is 2. The molecule has 0 unspecified atom stereocenters. The quantitative estimate of drug-likeness (QED) is 0.402. The number of amides is 1. The number of H-pyrrole nitrogens is 1. The van der Waals surface area contributed by atoms with Crippen LogP contribution in [0.3, 0.4) is 0 Å². The number of halogens is 1. The summed E-state index contributed by atoms with van der Waals surface area (Å²) in [6.45, 7) is 0. The van der Waals surface area contributed by atoms with Crippen LogP contribution in [0.4, 0.5) is 11.4 Å². The number of nitrogens with one attached hydrogen (secondary N) is 1. The summed E-state index contributed by atoms with van der Waals surface area (Å²) in [5.74, 6) is 0.256. The van der Waals surface area contributed by atoms with Crippen LogP contribution in [0.25, 0.3) is 11.0 Å². The zero-order valence-corrected chi connectivity index (χ0v) is 16.9. The van der Waals surface area contributed by atoms with Gasteiger partial charge in [0.25, 0.3) is 0 Å². The number of thioether (sulfide) groups is 1. The van der Waals surface area contributed by atoms with Gasteiger partial charge in [-0.2, -0.15) is 0 Å². The maximum atomic E-state index is 13.2. The van der Waals surface area contributed by atoms with Crippen LogP contribution in [0, 0.1) is 0 Å². The lowest BCUT2D eigenvalue weighted by Crippen LogP contribution is -2.30. The average Bonchev–Trinajstić information content (AvgIpc) is 3.13. The van der Waals surface area contributed by atoms with Gasteiger partial charge in [0, 0.05) is 14.8 Å². The Labute approximate surface area is 175 Å². The molecular weight excluding hydrogens is 410 g/mol. The number of carbonyl (C=O) groups excluding carboxylic acids is 1. The van der Waals surface area contributed by atoms with Gasteiger partial charge < -0.3 is 4.98 Å². The molecule has 4 nitrogen and oxygen atoms in total. The summed E-state index contributed by atoms with van der Waals surface area (Å²) in [6, 6.07) is 21.4. The van der Waals surface area contributed by atoms with Crippen molar-refractivity contribution in [2.24, 2.45) is 0 Å². The summed E-state index contributed by atoms with van der Waals surface area (Å²) in [5.41, 5.74) is 3.58. The predicted molar refractivity (Wildman–Crippen MR) is 116 cm³/mol. The highest BCUT2D eigenvalue weighted by Crippen LogP contribution is 2.49. The van der Waals surface area contributed by atoms with E-state index < -0.39 is 0 Å². The normalized spacial score (nSPS) is 12.7. The summed E-state index contributed by atoms with van der Waals surface area (Å²) in [7, 11) is 0. The summed E-state index contributed by atoms with van der Waals surface area (Å²) >= 11 is 9.28. The second-order valence-corrected chi connectivity index (χ2v) is 8.74. The predicted octanol–water partition coefficient (Wildman–Crippen LogP) is 6.14. The largest absolute Gasteiger partial charge is 0.333 e. The number of anilines is 2. The second-order valence-electron chi connectivity index (χ2n) is 6.26. The number of imidazole rings is 1. The number of aromatic nitrogens is 2. The molecule has 0 radical (unpaired) electrons. The molecule has 3 aromatic carbocycles. The first-order valence-corrected chi connectivity index (χ1v) is 10.8. The first kappa shape index (κ1) is 17.7. The van der Waals surface area contributed by atoms with Gasteiger partial charge in [0.15, 0.2) is 5.16 Å². The highest BCUT2D eigenvalue weighted by atomic mass is 35.5. The van der Waals surface area contributed by atoms with Crippen molar-refractivity contribution >= 4 is 63.4 Å². The molecule has 138 valence electrons. The van der Waals surface area contributed by atoms with Gasteiger partial charge in [0.2, 0.25) is 5.91 Å². The summed E-state index contributed by atoms with van der Waals surface area (Å²) < 4.78 is 0. The van der Waals surface area contributed by atoms with E-state index in [4.69, 9.17) is 11.6 Å². The van der Waals surface area contributed by atoms with Crippen molar-refractivity contribution in [3.05, 3.63) is 71.8 Å². The van der Waals surface area contributed by atoms with Gasteiger partial charge in [0.1, 0.15) is 0 Å². The van der Waals surface area contributed by atoms with E-state index in [9.17, 15) is 4.79 Å². The molecule has 1 N–H and O–H groups in total. The monoisotopic (exact) mass is 423 g/mol. The number of carbonyl (C=O) groups is 1. The topological polar surface area (TPSA) is 49.0 Å². The van der Waals surface area contributed by atoms with Crippen molar-refractivity contribution in [1.29, 1.82) is 0 Å². The fraction of sp³-hybridized carbons (Fsp3) is 0.0476. The summed E-state index contributed by atoms with van der Waals surface area (Å²) in [6.07, 6.45) is 0. The van der Waals surface area contributed by atoms with Crippen LogP contribution >= 0.6 is 35.1 Å². The highest BCUT2D eigenvalue weighted by Gasteiger charge is 2.28. The van der Waals surface area contributed by atoms with Crippen molar-refractivity contribution in [3.63, 3.8) is 0 Å². The molecule has 1 aliphatic heterocycles. The van der Waals surface area contributed by atoms with Crippen LogP contribution in [-0.2, 0) is 4.79 Å². The summed E-state index contributed by atoms with van der Waals surface area (Å²) in [5, 5.41) is 1.35. The van der Waals surface area contributed by atoms with Gasteiger partial charge >= 0.3 is 0 Å². The van der Waals surface area contributed by atoms with E-state index in [-0.39, 0.29) is 11.7 Å². The van der Waals surface area contributed by atoms with Gasteiger partial charge in [-0.1, -0.05) is 59.4 Å². The molecule has 0 bridgehead atoms. The molecule has 1 aliphatic rings. The Morgan fingerprint density at radius 3 is 2.71 bits per heavy atom. The number of benzene rings is 3. The van der Waals surface area contributed by atoms with E-state index in [0.717, 1.165) is 37.4 Å². The fourth-order valence-corrected chi connectivity index (χ4v) is 5.13. The third kappa shape index (κ3) is 3.17. The van der Waals surface area contributed by atoms with E-state index in [1.165, 1.54) is 11.8 Å². The zero-order valence-electron chi connectivity index (χ0n) is 14.6. The first-order chi connectivity index (χ1) is 13.7. The zero-order chi connectivity index (χ0) is 19.1. The van der Waals surface area contributed by atoms with E-state index in [0.29, 0.717) is 5.02 Å². The van der Waals surface area contributed by atoms with Gasteiger partial charge in [-0.25, -0.2) is 4.98 Å². The van der Waals surface area contributed by atoms with Gasteiger partial charge in [-0.05, 0) is 42.5 Å². The van der Waals surface area contributed by atoms with Crippen LogP contribution in [0.15, 0.2) is 81.7 Å². The molecule has 0 aliphatic carbocycles. The Hall–Kier alpha value is -2.41. The lowest BCUT2D eigenvalue weighted by atomic mass is 10.2. The molecule has 2 heterocycles. The van der Waals surface area contributed by atoms with Gasteiger partial charge in [0.05, 0.1) is 28.2 Å². The number of rotatable bonds is 3. The first-order valence-electron chi connectivity index (χ1n) is 8.66. The Morgan fingerprint density at radius 1 is 1.04 bits per heavy atom. The minimum Gasteiger partial charge on any atom is -0.333 e. The molecule has 0 fully saturated rings. The Morgan fingerprint density at radius 2 is 1.82 bits per heavy atom. The molecule has 1 aromatic heterocycles. The van der Waals surface area contributed by atoms with Crippen LogP contribution in [-0.4, -0.2) is 21.6 Å². The molecule has 0 saturated heterocycles. The van der Waals surface area contributed by atoms with Crippen LogP contribution in [0.5, 0.6) is 0 Å². The van der Waals surface area contributed by atoms with Crippen molar-refractivity contribution in [1.82, 2.24) is 9.97 Å². The fourth-order valence-electron chi connectivity index (χ4n) is 3.19. The maximum absolute atomic E-state index is 13.2. The SMILES string of the molecule is O=C(CSc1nc2ccccc2[nH]1)N1c2ccccc2Sc2ccc(Cl)cc21. The number of fused-ring (bicyclic) bond motifs is 3. The van der Waals surface area contributed by atoms with Crippen LogP contribution in [0.2, 0.25) is 5.02 Å². The highest BCUT2D eigenvalue weighted by molar-refractivity contribution is 8.00. The molecule has 5 rings (SSSR count). The third-order valence-electron chi connectivity index (χ3n) is 4.44. The Bertz CT molecular complexity index is 1170. The lowest BCUT2D eigenvalue weighted by Gasteiger charge is -2.31. The molecular formula is C21H14ClN3OS2. The molecule has 1 amide bonds. The van der Waals surface area contributed by atoms with Crippen LogP contribution in [0.1, 0.15) is 0 Å². The number of para-hydroxylation sites is 3. The standard InChI is InChI=1S/C21H14ClN3OS2/c22-13-9-10-19-17(11-13)25(16-7-3-4-8-18(16)28-19)20(26)12-27-21-23-14-5-1-2-6-15(14)24-21/h1-11H,12H2,(H,23,24). The molecule has 0 spiro atoms. The molecule has 0 saturated carbocycles. The molecule has 28 heavy (non-hydrogen) atoms. The molecule has 0 atom stereocenters.